The number of hydrogen-bond donors (Lipinski definition) is 1. The molecule has 1 heterocycles. The molecule has 0 aromatic heterocycles. The average molecular weight is 347 g/mol. The molecule has 1 aliphatic rings. The van der Waals surface area contributed by atoms with Crippen molar-refractivity contribution in [2.45, 2.75) is 0 Å². The normalized spacial score (nSPS) is 15.0. The molecule has 0 radical (unpaired) electrons. The lowest BCUT2D eigenvalue weighted by Crippen LogP contribution is -2.12. The van der Waals surface area contributed by atoms with Gasteiger partial charge in [-0.25, -0.2) is 0 Å². The lowest BCUT2D eigenvalue weighted by atomic mass is 10.2. The van der Waals surface area contributed by atoms with E-state index in [9.17, 15) is 9.59 Å². The highest BCUT2D eigenvalue weighted by atomic mass is 127. The fourth-order valence-electron chi connectivity index (χ4n) is 0.959. The molecule has 0 bridgehead atoms. The van der Waals surface area contributed by atoms with Gasteiger partial charge in [0.25, 0.3) is 11.8 Å². The molecule has 1 rings (SSSR count). The van der Waals surface area contributed by atoms with Crippen molar-refractivity contribution in [2.75, 3.05) is 17.6 Å². The van der Waals surface area contributed by atoms with Crippen molar-refractivity contribution in [3.63, 3.8) is 0 Å². The summed E-state index contributed by atoms with van der Waals surface area (Å²) in [7, 11) is 0. The fraction of sp³-hybridized carbons (Fsp3) is 0.333. The van der Waals surface area contributed by atoms with Crippen LogP contribution in [0, 0.1) is 0 Å². The molecule has 1 N–H and O–H groups in total. The Balaban J connectivity index is 2.41. The molecule has 17 heavy (non-hydrogen) atoms. The summed E-state index contributed by atoms with van der Waals surface area (Å²) in [6, 6.07) is 0. The zero-order valence-corrected chi connectivity index (χ0v) is 11.0. The largest absolute Gasteiger partial charge is 0.387 e. The van der Waals surface area contributed by atoms with Crippen LogP contribution in [-0.2, 0) is 9.59 Å². The Morgan fingerprint density at radius 1 is 1.35 bits per heavy atom. The van der Waals surface area contributed by atoms with E-state index in [0.717, 1.165) is 0 Å². The maximum Gasteiger partial charge on any atom is 0.296 e. The average Bonchev–Trinajstić information content (AvgIpc) is 2.37. The molecule has 0 atom stereocenters. The van der Waals surface area contributed by atoms with Crippen LogP contribution in [0.2, 0.25) is 0 Å². The van der Waals surface area contributed by atoms with Gasteiger partial charge in [0.2, 0.25) is 0 Å². The van der Waals surface area contributed by atoms with Crippen LogP contribution in [0.25, 0.3) is 0 Å². The molecule has 1 aliphatic heterocycles. The number of alkyl halides is 1. The van der Waals surface area contributed by atoms with E-state index >= 15 is 0 Å². The minimum absolute atomic E-state index is 0.268. The van der Waals surface area contributed by atoms with Gasteiger partial charge in [0.15, 0.2) is 0 Å². The quantitative estimate of drug-likeness (QED) is 0.360. The predicted octanol–water partition coefficient (Wildman–Crippen LogP) is 1.38. The lowest BCUT2D eigenvalue weighted by molar-refractivity contribution is -0.117. The summed E-state index contributed by atoms with van der Waals surface area (Å²) in [5.41, 5.74) is 0.404. The Bertz CT molecular complexity index is 414. The summed E-state index contributed by atoms with van der Waals surface area (Å²) in [6.45, 7) is 0.416. The summed E-state index contributed by atoms with van der Waals surface area (Å²) in [5.74, 6) is -1.02. The molecule has 0 spiro atoms. The maximum atomic E-state index is 11.4. The molecular formula is C9H10IN5O2. The Kier molecular flexibility index (Phi) is 6.22. The maximum absolute atomic E-state index is 11.4. The SMILES string of the molecule is O=C(CN=NC(=O)C1=CNCC=C1)N=NCI. The minimum atomic E-state index is -0.524. The molecule has 2 amide bonds. The zero-order chi connectivity index (χ0) is 12.5. The van der Waals surface area contributed by atoms with Gasteiger partial charge < -0.3 is 5.32 Å². The first-order valence-electron chi connectivity index (χ1n) is 4.72. The van der Waals surface area contributed by atoms with E-state index < -0.39 is 11.8 Å². The Morgan fingerprint density at radius 3 is 2.82 bits per heavy atom. The highest BCUT2D eigenvalue weighted by Gasteiger charge is 2.07. The lowest BCUT2D eigenvalue weighted by Gasteiger charge is -2.03. The molecule has 8 heteroatoms. The van der Waals surface area contributed by atoms with Crippen LogP contribution in [0.5, 0.6) is 0 Å². The molecule has 0 aromatic rings. The Morgan fingerprint density at radius 2 is 2.18 bits per heavy atom. The molecular weight excluding hydrogens is 337 g/mol. The third-order valence-corrected chi connectivity index (χ3v) is 1.95. The van der Waals surface area contributed by atoms with Gasteiger partial charge in [0.05, 0.1) is 5.57 Å². The first kappa shape index (κ1) is 13.6. The smallest absolute Gasteiger partial charge is 0.296 e. The zero-order valence-electron chi connectivity index (χ0n) is 8.84. The van der Waals surface area contributed by atoms with Crippen molar-refractivity contribution in [3.05, 3.63) is 23.9 Å². The number of dihydropyridines is 1. The van der Waals surface area contributed by atoms with Crippen LogP contribution in [0.4, 0.5) is 0 Å². The van der Waals surface area contributed by atoms with Crippen LogP contribution in [0.15, 0.2) is 44.4 Å². The van der Waals surface area contributed by atoms with E-state index in [1.165, 1.54) is 0 Å². The van der Waals surface area contributed by atoms with Crippen molar-refractivity contribution in [1.29, 1.82) is 0 Å². The number of carbonyl (C=O) groups is 2. The molecule has 0 unspecified atom stereocenters. The molecule has 0 aliphatic carbocycles. The third kappa shape index (κ3) is 5.43. The van der Waals surface area contributed by atoms with E-state index in [1.807, 2.05) is 22.6 Å². The number of carbonyl (C=O) groups excluding carboxylic acids is 2. The summed E-state index contributed by atoms with van der Waals surface area (Å²) in [5, 5.41) is 16.6. The van der Waals surface area contributed by atoms with E-state index in [-0.39, 0.29) is 6.54 Å². The Hall–Kier alpha value is -1.45. The van der Waals surface area contributed by atoms with Crippen molar-refractivity contribution >= 4 is 34.4 Å². The topological polar surface area (TPSA) is 95.6 Å². The van der Waals surface area contributed by atoms with Crippen molar-refractivity contribution < 1.29 is 9.59 Å². The van der Waals surface area contributed by atoms with Crippen LogP contribution >= 0.6 is 22.6 Å². The molecule has 0 saturated carbocycles. The summed E-state index contributed by atoms with van der Waals surface area (Å²) in [4.78, 5) is 22.4. The number of nitrogens with zero attached hydrogens (tertiary/aromatic N) is 4. The van der Waals surface area contributed by atoms with Crippen LogP contribution < -0.4 is 5.32 Å². The molecule has 90 valence electrons. The van der Waals surface area contributed by atoms with Gasteiger partial charge in [-0.15, -0.1) is 10.2 Å². The summed E-state index contributed by atoms with van der Waals surface area (Å²) < 4.78 is 0.406. The highest BCUT2D eigenvalue weighted by Crippen LogP contribution is 2.02. The van der Waals surface area contributed by atoms with Gasteiger partial charge >= 0.3 is 0 Å². The molecule has 0 saturated heterocycles. The predicted molar refractivity (Wildman–Crippen MR) is 68.7 cm³/mol. The van der Waals surface area contributed by atoms with Gasteiger partial charge in [0.1, 0.15) is 11.1 Å². The first-order chi connectivity index (χ1) is 8.24. The fourth-order valence-corrected chi connectivity index (χ4v) is 1.11. The number of amides is 2. The van der Waals surface area contributed by atoms with E-state index in [0.29, 0.717) is 16.7 Å². The number of azo groups is 2. The standard InChI is InChI=1S/C9H10IN5O2/c10-6-13-14-8(16)5-12-15-9(17)7-2-1-3-11-4-7/h1-2,4,11H,3,5-6H2. The summed E-state index contributed by atoms with van der Waals surface area (Å²) >= 11 is 1.96. The van der Waals surface area contributed by atoms with Crippen molar-refractivity contribution in [3.8, 4) is 0 Å². The first-order valence-corrected chi connectivity index (χ1v) is 6.25. The second-order valence-corrected chi connectivity index (χ2v) is 3.55. The minimum Gasteiger partial charge on any atom is -0.387 e. The van der Waals surface area contributed by atoms with Gasteiger partial charge in [0, 0.05) is 12.7 Å². The molecule has 7 nitrogen and oxygen atoms in total. The number of rotatable bonds is 4. The van der Waals surface area contributed by atoms with E-state index in [2.05, 4.69) is 25.8 Å². The van der Waals surface area contributed by atoms with Crippen LogP contribution in [0.1, 0.15) is 0 Å². The van der Waals surface area contributed by atoms with Gasteiger partial charge in [-0.3, -0.25) is 9.59 Å². The monoisotopic (exact) mass is 347 g/mol. The van der Waals surface area contributed by atoms with Crippen LogP contribution in [-0.4, -0.2) is 29.5 Å². The Labute approximate surface area is 111 Å². The third-order valence-electron chi connectivity index (χ3n) is 1.64. The van der Waals surface area contributed by atoms with Gasteiger partial charge in [-0.2, -0.15) is 10.2 Å². The molecule has 0 fully saturated rings. The van der Waals surface area contributed by atoms with Crippen LogP contribution in [0.3, 0.4) is 0 Å². The molecule has 0 aromatic carbocycles. The summed E-state index contributed by atoms with van der Waals surface area (Å²) in [6.07, 6.45) is 5.00. The number of nitrogens with one attached hydrogen (secondary N) is 1. The van der Waals surface area contributed by atoms with Gasteiger partial charge in [-0.1, -0.05) is 34.7 Å². The number of hydrogen-bond acceptors (Lipinski definition) is 5. The van der Waals surface area contributed by atoms with Crippen molar-refractivity contribution in [2.24, 2.45) is 20.5 Å². The number of halogens is 1. The second kappa shape index (κ2) is 7.76. The van der Waals surface area contributed by atoms with E-state index in [4.69, 9.17) is 0 Å². The van der Waals surface area contributed by atoms with Crippen molar-refractivity contribution in [1.82, 2.24) is 5.32 Å². The second-order valence-electron chi connectivity index (χ2n) is 2.87. The van der Waals surface area contributed by atoms with Gasteiger partial charge in [-0.05, 0) is 0 Å². The van der Waals surface area contributed by atoms with E-state index in [1.54, 1.807) is 18.4 Å². The highest BCUT2D eigenvalue weighted by molar-refractivity contribution is 14.1.